The van der Waals surface area contributed by atoms with E-state index >= 15 is 0 Å². The first-order valence-electron chi connectivity index (χ1n) is 5.47. The molecule has 0 aliphatic carbocycles. The minimum absolute atomic E-state index is 0.802. The highest BCUT2D eigenvalue weighted by Crippen LogP contribution is 2.24. The Labute approximate surface area is 93.5 Å². The van der Waals surface area contributed by atoms with Crippen LogP contribution in [0, 0.1) is 6.92 Å². The number of rotatable bonds is 1. The molecule has 0 unspecified atom stereocenters. The summed E-state index contributed by atoms with van der Waals surface area (Å²) in [5.74, 6) is 0.802. The van der Waals surface area contributed by atoms with Crippen LogP contribution in [-0.4, -0.2) is 26.8 Å². The summed E-state index contributed by atoms with van der Waals surface area (Å²) in [6.07, 6.45) is 2.35. The second-order valence-electron chi connectivity index (χ2n) is 4.01. The minimum atomic E-state index is 0.802. The molecule has 2 heterocycles. The molecule has 1 aliphatic rings. The van der Waals surface area contributed by atoms with Gasteiger partial charge in [0.2, 0.25) is 0 Å². The van der Waals surface area contributed by atoms with Gasteiger partial charge in [0, 0.05) is 12.2 Å². The summed E-state index contributed by atoms with van der Waals surface area (Å²) in [5, 5.41) is 14.9. The molecule has 0 saturated carbocycles. The Morgan fingerprint density at radius 1 is 1.38 bits per heavy atom. The maximum atomic E-state index is 3.96. The van der Waals surface area contributed by atoms with E-state index in [0.29, 0.717) is 0 Å². The van der Waals surface area contributed by atoms with Crippen LogP contribution >= 0.6 is 0 Å². The Kier molecular flexibility index (Phi) is 2.09. The van der Waals surface area contributed by atoms with Crippen molar-refractivity contribution >= 4 is 5.69 Å². The number of tetrazole rings is 1. The van der Waals surface area contributed by atoms with Crippen LogP contribution in [0.5, 0.6) is 0 Å². The number of nitrogens with zero attached hydrogens (tertiary/aromatic N) is 4. The fourth-order valence-electron chi connectivity index (χ4n) is 2.05. The first-order chi connectivity index (χ1) is 7.84. The Balaban J connectivity index is 2.06. The normalized spacial score (nSPS) is 14.3. The fraction of sp³-hybridized carbons (Fsp3) is 0.364. The van der Waals surface area contributed by atoms with E-state index < -0.39 is 0 Å². The topological polar surface area (TPSA) is 55.6 Å². The molecule has 5 heteroatoms. The van der Waals surface area contributed by atoms with Gasteiger partial charge >= 0.3 is 0 Å². The predicted octanol–water partition coefficient (Wildman–Crippen LogP) is 1.33. The molecule has 16 heavy (non-hydrogen) atoms. The first kappa shape index (κ1) is 9.33. The monoisotopic (exact) mass is 215 g/mol. The van der Waals surface area contributed by atoms with Gasteiger partial charge in [0.25, 0.3) is 0 Å². The standard InChI is InChI=1S/C11H13N5/c1-8-13-14-15-16(8)10-5-4-9-3-2-6-12-11(9)7-10/h4-5,7,12H,2-3,6H2,1H3. The maximum absolute atomic E-state index is 3.96. The maximum Gasteiger partial charge on any atom is 0.153 e. The van der Waals surface area contributed by atoms with Gasteiger partial charge in [-0.3, -0.25) is 0 Å². The highest BCUT2D eigenvalue weighted by atomic mass is 15.5. The predicted molar refractivity (Wildman–Crippen MR) is 60.7 cm³/mol. The Morgan fingerprint density at radius 3 is 3.12 bits per heavy atom. The van der Waals surface area contributed by atoms with E-state index in [1.54, 1.807) is 4.68 Å². The van der Waals surface area contributed by atoms with Gasteiger partial charge in [-0.2, -0.15) is 4.68 Å². The number of hydrogen-bond acceptors (Lipinski definition) is 4. The highest BCUT2D eigenvalue weighted by molar-refractivity contribution is 5.58. The molecule has 1 aliphatic heterocycles. The first-order valence-corrected chi connectivity index (χ1v) is 5.47. The lowest BCUT2D eigenvalue weighted by atomic mass is 10.0. The molecule has 1 aromatic carbocycles. The molecule has 5 nitrogen and oxygen atoms in total. The van der Waals surface area contributed by atoms with Gasteiger partial charge in [-0.15, -0.1) is 5.10 Å². The summed E-state index contributed by atoms with van der Waals surface area (Å²) >= 11 is 0. The molecule has 0 saturated heterocycles. The summed E-state index contributed by atoms with van der Waals surface area (Å²) in [6, 6.07) is 6.32. The van der Waals surface area contributed by atoms with Crippen LogP contribution < -0.4 is 5.32 Å². The number of hydrogen-bond donors (Lipinski definition) is 1. The van der Waals surface area contributed by atoms with Crippen LogP contribution in [0.1, 0.15) is 17.8 Å². The van der Waals surface area contributed by atoms with Crippen molar-refractivity contribution in [3.8, 4) is 5.69 Å². The Bertz CT molecular complexity index is 517. The highest BCUT2D eigenvalue weighted by Gasteiger charge is 2.10. The number of nitrogens with one attached hydrogen (secondary N) is 1. The summed E-state index contributed by atoms with van der Waals surface area (Å²) in [7, 11) is 0. The van der Waals surface area contributed by atoms with Crippen molar-refractivity contribution in [2.75, 3.05) is 11.9 Å². The van der Waals surface area contributed by atoms with Crippen molar-refractivity contribution in [1.82, 2.24) is 20.2 Å². The SMILES string of the molecule is Cc1nnnn1-c1ccc2c(c1)NCCC2. The molecule has 3 rings (SSSR count). The number of anilines is 1. The molecule has 0 spiro atoms. The van der Waals surface area contributed by atoms with Crippen LogP contribution in [0.15, 0.2) is 18.2 Å². The lowest BCUT2D eigenvalue weighted by molar-refractivity contribution is 0.775. The summed E-state index contributed by atoms with van der Waals surface area (Å²) in [5.41, 5.74) is 3.59. The van der Waals surface area contributed by atoms with Gasteiger partial charge in [-0.05, 0) is 47.9 Å². The third-order valence-corrected chi connectivity index (χ3v) is 2.90. The average molecular weight is 215 g/mol. The van der Waals surface area contributed by atoms with Gasteiger partial charge in [0.1, 0.15) is 0 Å². The molecule has 0 radical (unpaired) electrons. The number of aryl methyl sites for hydroxylation is 2. The van der Waals surface area contributed by atoms with Gasteiger partial charge in [0.05, 0.1) is 5.69 Å². The molecular weight excluding hydrogens is 202 g/mol. The second kappa shape index (κ2) is 3.59. The van der Waals surface area contributed by atoms with Crippen molar-refractivity contribution in [3.63, 3.8) is 0 Å². The zero-order chi connectivity index (χ0) is 11.0. The molecule has 82 valence electrons. The van der Waals surface area contributed by atoms with Crippen LogP contribution in [0.4, 0.5) is 5.69 Å². The largest absolute Gasteiger partial charge is 0.385 e. The van der Waals surface area contributed by atoms with E-state index in [2.05, 4.69) is 39.0 Å². The van der Waals surface area contributed by atoms with Crippen molar-refractivity contribution < 1.29 is 0 Å². The van der Waals surface area contributed by atoms with Gasteiger partial charge < -0.3 is 5.32 Å². The van der Waals surface area contributed by atoms with Crippen LogP contribution in [0.2, 0.25) is 0 Å². The van der Waals surface area contributed by atoms with E-state index in [4.69, 9.17) is 0 Å². The number of aromatic nitrogens is 4. The quantitative estimate of drug-likeness (QED) is 0.779. The third-order valence-electron chi connectivity index (χ3n) is 2.90. The van der Waals surface area contributed by atoms with E-state index in [-0.39, 0.29) is 0 Å². The number of fused-ring (bicyclic) bond motifs is 1. The molecular formula is C11H13N5. The van der Waals surface area contributed by atoms with Crippen molar-refractivity contribution in [2.45, 2.75) is 19.8 Å². The number of benzene rings is 1. The van der Waals surface area contributed by atoms with Gasteiger partial charge in [-0.25, -0.2) is 0 Å². The second-order valence-corrected chi connectivity index (χ2v) is 4.01. The fourth-order valence-corrected chi connectivity index (χ4v) is 2.05. The third kappa shape index (κ3) is 1.44. The molecule has 0 fully saturated rings. The Morgan fingerprint density at radius 2 is 2.31 bits per heavy atom. The van der Waals surface area contributed by atoms with E-state index in [1.807, 2.05) is 6.92 Å². The average Bonchev–Trinajstić information content (AvgIpc) is 2.75. The molecule has 0 bridgehead atoms. The molecule has 2 aromatic rings. The van der Waals surface area contributed by atoms with Crippen LogP contribution in [0.3, 0.4) is 0 Å². The minimum Gasteiger partial charge on any atom is -0.385 e. The lowest BCUT2D eigenvalue weighted by Gasteiger charge is -2.18. The van der Waals surface area contributed by atoms with Crippen molar-refractivity contribution in [3.05, 3.63) is 29.6 Å². The summed E-state index contributed by atoms with van der Waals surface area (Å²) < 4.78 is 1.75. The Hall–Kier alpha value is -1.91. The molecule has 1 aromatic heterocycles. The summed E-state index contributed by atoms with van der Waals surface area (Å²) in [4.78, 5) is 0. The van der Waals surface area contributed by atoms with E-state index in [9.17, 15) is 0 Å². The van der Waals surface area contributed by atoms with Crippen LogP contribution in [-0.2, 0) is 6.42 Å². The smallest absolute Gasteiger partial charge is 0.153 e. The van der Waals surface area contributed by atoms with E-state index in [1.165, 1.54) is 17.7 Å². The van der Waals surface area contributed by atoms with Crippen molar-refractivity contribution in [1.29, 1.82) is 0 Å². The molecule has 0 amide bonds. The van der Waals surface area contributed by atoms with Crippen molar-refractivity contribution in [2.24, 2.45) is 0 Å². The summed E-state index contributed by atoms with van der Waals surface area (Å²) in [6.45, 7) is 2.94. The van der Waals surface area contributed by atoms with Gasteiger partial charge in [0.15, 0.2) is 5.82 Å². The zero-order valence-corrected chi connectivity index (χ0v) is 9.14. The lowest BCUT2D eigenvalue weighted by Crippen LogP contribution is -2.12. The van der Waals surface area contributed by atoms with Gasteiger partial charge in [-0.1, -0.05) is 6.07 Å². The zero-order valence-electron chi connectivity index (χ0n) is 9.14. The molecule has 1 N–H and O–H groups in total. The molecule has 0 atom stereocenters. The van der Waals surface area contributed by atoms with E-state index in [0.717, 1.165) is 24.5 Å². The van der Waals surface area contributed by atoms with Crippen LogP contribution in [0.25, 0.3) is 5.69 Å².